The molecule has 3 nitrogen and oxygen atoms in total. The number of morpholine rings is 1. The molecule has 0 unspecified atom stereocenters. The van der Waals surface area contributed by atoms with Crippen molar-refractivity contribution in [1.82, 2.24) is 4.90 Å². The predicted molar refractivity (Wildman–Crippen MR) is 66.9 cm³/mol. The maximum atomic E-state index is 5.33. The Balaban J connectivity index is 1.86. The highest BCUT2D eigenvalue weighted by Crippen LogP contribution is 2.14. The molecule has 1 aliphatic heterocycles. The largest absolute Gasteiger partial charge is 0.481 e. The van der Waals surface area contributed by atoms with Gasteiger partial charge in [0.1, 0.15) is 12.4 Å². The van der Waals surface area contributed by atoms with E-state index in [4.69, 9.17) is 15.9 Å². The highest BCUT2D eigenvalue weighted by molar-refractivity contribution is 5.27. The van der Waals surface area contributed by atoms with Gasteiger partial charge in [-0.05, 0) is 17.7 Å². The van der Waals surface area contributed by atoms with Gasteiger partial charge in [0.05, 0.1) is 13.2 Å². The summed E-state index contributed by atoms with van der Waals surface area (Å²) in [6, 6.07) is 8.10. The molecular formula is C14H17NO2. The fraction of sp³-hybridized carbons (Fsp3) is 0.429. The summed E-state index contributed by atoms with van der Waals surface area (Å²) < 4.78 is 10.7. The zero-order valence-electron chi connectivity index (χ0n) is 9.89. The van der Waals surface area contributed by atoms with Crippen molar-refractivity contribution in [2.75, 3.05) is 32.9 Å². The van der Waals surface area contributed by atoms with Crippen molar-refractivity contribution < 1.29 is 9.47 Å². The van der Waals surface area contributed by atoms with E-state index < -0.39 is 0 Å². The average molecular weight is 231 g/mol. The quantitative estimate of drug-likeness (QED) is 0.734. The van der Waals surface area contributed by atoms with Crippen LogP contribution in [0.15, 0.2) is 24.3 Å². The SMILES string of the molecule is C#CCOc1ccc(CN2CCOCC2)cc1. The number of hydrogen-bond donors (Lipinski definition) is 0. The number of benzene rings is 1. The second kappa shape index (κ2) is 6.29. The van der Waals surface area contributed by atoms with E-state index in [-0.39, 0.29) is 0 Å². The number of ether oxygens (including phenoxy) is 2. The van der Waals surface area contributed by atoms with Crippen molar-refractivity contribution in [2.24, 2.45) is 0 Å². The third-order valence-corrected chi connectivity index (χ3v) is 2.76. The average Bonchev–Trinajstić information content (AvgIpc) is 2.39. The normalized spacial score (nSPS) is 16.4. The Bertz CT molecular complexity index is 374. The molecule has 0 aliphatic carbocycles. The molecule has 90 valence electrons. The number of terminal acetylenes is 1. The Labute approximate surface area is 102 Å². The Morgan fingerprint density at radius 2 is 1.94 bits per heavy atom. The van der Waals surface area contributed by atoms with Crippen LogP contribution < -0.4 is 4.74 Å². The van der Waals surface area contributed by atoms with Gasteiger partial charge < -0.3 is 9.47 Å². The van der Waals surface area contributed by atoms with Crippen LogP contribution in [0.3, 0.4) is 0 Å². The van der Waals surface area contributed by atoms with Gasteiger partial charge in [-0.3, -0.25) is 4.90 Å². The fourth-order valence-electron chi connectivity index (χ4n) is 1.83. The lowest BCUT2D eigenvalue weighted by molar-refractivity contribution is 0.0342. The summed E-state index contributed by atoms with van der Waals surface area (Å²) in [5, 5.41) is 0. The van der Waals surface area contributed by atoms with E-state index in [1.54, 1.807) is 0 Å². The van der Waals surface area contributed by atoms with Gasteiger partial charge in [-0.15, -0.1) is 6.42 Å². The topological polar surface area (TPSA) is 21.7 Å². The Morgan fingerprint density at radius 3 is 2.59 bits per heavy atom. The summed E-state index contributed by atoms with van der Waals surface area (Å²) in [5.41, 5.74) is 1.29. The van der Waals surface area contributed by atoms with E-state index in [9.17, 15) is 0 Å². The van der Waals surface area contributed by atoms with Gasteiger partial charge in [-0.25, -0.2) is 0 Å². The van der Waals surface area contributed by atoms with Crippen LogP contribution in [0.5, 0.6) is 5.75 Å². The van der Waals surface area contributed by atoms with E-state index in [2.05, 4.69) is 23.0 Å². The lowest BCUT2D eigenvalue weighted by Crippen LogP contribution is -2.35. The minimum atomic E-state index is 0.322. The molecule has 1 fully saturated rings. The van der Waals surface area contributed by atoms with Gasteiger partial charge in [-0.1, -0.05) is 18.1 Å². The summed E-state index contributed by atoms with van der Waals surface area (Å²) >= 11 is 0. The van der Waals surface area contributed by atoms with E-state index in [1.165, 1.54) is 5.56 Å². The van der Waals surface area contributed by atoms with Gasteiger partial charge in [0.25, 0.3) is 0 Å². The van der Waals surface area contributed by atoms with Crippen molar-refractivity contribution >= 4 is 0 Å². The standard InChI is InChI=1S/C14H17NO2/c1-2-9-17-14-5-3-13(4-6-14)12-15-7-10-16-11-8-15/h1,3-6H,7-12H2. The van der Waals surface area contributed by atoms with Crippen LogP contribution in [0.25, 0.3) is 0 Å². The second-order valence-electron chi connectivity index (χ2n) is 4.03. The molecule has 2 rings (SSSR count). The molecule has 0 spiro atoms. The molecule has 0 saturated carbocycles. The lowest BCUT2D eigenvalue weighted by atomic mass is 10.2. The first-order chi connectivity index (χ1) is 8.38. The first-order valence-electron chi connectivity index (χ1n) is 5.84. The van der Waals surface area contributed by atoms with Gasteiger partial charge in [0, 0.05) is 19.6 Å². The molecule has 0 bridgehead atoms. The van der Waals surface area contributed by atoms with Crippen molar-refractivity contribution in [3.8, 4) is 18.1 Å². The molecule has 0 aromatic heterocycles. The van der Waals surface area contributed by atoms with Crippen molar-refractivity contribution in [3.63, 3.8) is 0 Å². The van der Waals surface area contributed by atoms with E-state index >= 15 is 0 Å². The monoisotopic (exact) mass is 231 g/mol. The third-order valence-electron chi connectivity index (χ3n) is 2.76. The molecule has 0 atom stereocenters. The molecule has 1 heterocycles. The molecule has 0 radical (unpaired) electrons. The van der Waals surface area contributed by atoms with Crippen LogP contribution in [0.1, 0.15) is 5.56 Å². The van der Waals surface area contributed by atoms with Crippen LogP contribution in [0.2, 0.25) is 0 Å². The van der Waals surface area contributed by atoms with Gasteiger partial charge in [0.15, 0.2) is 0 Å². The summed E-state index contributed by atoms with van der Waals surface area (Å²) in [7, 11) is 0. The summed E-state index contributed by atoms with van der Waals surface area (Å²) in [4.78, 5) is 2.39. The molecule has 17 heavy (non-hydrogen) atoms. The van der Waals surface area contributed by atoms with Crippen molar-refractivity contribution in [1.29, 1.82) is 0 Å². The summed E-state index contributed by atoms with van der Waals surface area (Å²) in [6.45, 7) is 4.99. The number of rotatable bonds is 4. The molecule has 1 aromatic carbocycles. The van der Waals surface area contributed by atoms with Gasteiger partial charge >= 0.3 is 0 Å². The fourth-order valence-corrected chi connectivity index (χ4v) is 1.83. The smallest absolute Gasteiger partial charge is 0.148 e. The highest BCUT2D eigenvalue weighted by Gasteiger charge is 2.10. The minimum absolute atomic E-state index is 0.322. The maximum Gasteiger partial charge on any atom is 0.148 e. The molecule has 1 saturated heterocycles. The first-order valence-corrected chi connectivity index (χ1v) is 5.84. The lowest BCUT2D eigenvalue weighted by Gasteiger charge is -2.26. The zero-order valence-corrected chi connectivity index (χ0v) is 9.89. The van der Waals surface area contributed by atoms with E-state index in [0.29, 0.717) is 6.61 Å². The van der Waals surface area contributed by atoms with Gasteiger partial charge in [-0.2, -0.15) is 0 Å². The van der Waals surface area contributed by atoms with Crippen LogP contribution in [-0.2, 0) is 11.3 Å². The van der Waals surface area contributed by atoms with Crippen molar-refractivity contribution in [2.45, 2.75) is 6.54 Å². The highest BCUT2D eigenvalue weighted by atomic mass is 16.5. The second-order valence-corrected chi connectivity index (χ2v) is 4.03. The van der Waals surface area contributed by atoms with Crippen LogP contribution in [0, 0.1) is 12.3 Å². The molecule has 0 amide bonds. The Kier molecular flexibility index (Phi) is 4.43. The Hall–Kier alpha value is -1.50. The summed E-state index contributed by atoms with van der Waals surface area (Å²) in [5.74, 6) is 3.28. The molecule has 3 heteroatoms. The maximum absolute atomic E-state index is 5.33. The molecular weight excluding hydrogens is 214 g/mol. The molecule has 1 aromatic rings. The van der Waals surface area contributed by atoms with Crippen LogP contribution in [0.4, 0.5) is 0 Å². The molecule has 0 N–H and O–H groups in total. The summed E-state index contributed by atoms with van der Waals surface area (Å²) in [6.07, 6.45) is 5.14. The van der Waals surface area contributed by atoms with Crippen LogP contribution in [-0.4, -0.2) is 37.8 Å². The third kappa shape index (κ3) is 3.77. The number of hydrogen-bond acceptors (Lipinski definition) is 3. The van der Waals surface area contributed by atoms with Crippen LogP contribution >= 0.6 is 0 Å². The van der Waals surface area contributed by atoms with E-state index in [1.807, 2.05) is 12.1 Å². The predicted octanol–water partition coefficient (Wildman–Crippen LogP) is 1.53. The number of nitrogens with zero attached hydrogens (tertiary/aromatic N) is 1. The van der Waals surface area contributed by atoms with Crippen molar-refractivity contribution in [3.05, 3.63) is 29.8 Å². The molecule has 1 aliphatic rings. The Morgan fingerprint density at radius 1 is 1.24 bits per heavy atom. The van der Waals surface area contributed by atoms with Gasteiger partial charge in [0.2, 0.25) is 0 Å². The minimum Gasteiger partial charge on any atom is -0.481 e. The first kappa shape index (κ1) is 12.0. The van der Waals surface area contributed by atoms with E-state index in [0.717, 1.165) is 38.6 Å². The zero-order chi connectivity index (χ0) is 11.9.